The van der Waals surface area contributed by atoms with E-state index in [0.29, 0.717) is 12.2 Å². The molecule has 1 aromatic heterocycles. The van der Waals surface area contributed by atoms with Crippen LogP contribution in [-0.4, -0.2) is 26.4 Å². The maximum atomic E-state index is 13.0. The molecule has 0 atom stereocenters. The van der Waals surface area contributed by atoms with Gasteiger partial charge in [-0.25, -0.2) is 4.39 Å². The van der Waals surface area contributed by atoms with Gasteiger partial charge in [0.1, 0.15) is 11.6 Å². The Morgan fingerprint density at radius 2 is 2.00 bits per heavy atom. The highest BCUT2D eigenvalue weighted by Crippen LogP contribution is 2.28. The molecule has 0 spiro atoms. The van der Waals surface area contributed by atoms with Crippen LogP contribution in [0.1, 0.15) is 44.3 Å². The normalized spacial score (nSPS) is 14.8. The molecule has 28 heavy (non-hydrogen) atoms. The first-order valence-corrected chi connectivity index (χ1v) is 10.9. The Bertz CT molecular complexity index is 784. The fourth-order valence-electron chi connectivity index (χ4n) is 3.59. The number of carbonyl (C=O) groups is 1. The Morgan fingerprint density at radius 3 is 2.71 bits per heavy atom. The minimum Gasteiger partial charge on any atom is -0.325 e. The van der Waals surface area contributed by atoms with Crippen LogP contribution in [-0.2, 0) is 17.8 Å². The summed E-state index contributed by atoms with van der Waals surface area (Å²) in [6, 6.07) is 5.73. The van der Waals surface area contributed by atoms with E-state index in [2.05, 4.69) is 22.1 Å². The summed E-state index contributed by atoms with van der Waals surface area (Å²) in [5.41, 5.74) is 0.577. The van der Waals surface area contributed by atoms with Crippen molar-refractivity contribution in [2.75, 3.05) is 11.1 Å². The van der Waals surface area contributed by atoms with Crippen molar-refractivity contribution in [3.8, 4) is 0 Å². The molecule has 1 heterocycles. The second-order valence-corrected chi connectivity index (χ2v) is 8.13. The van der Waals surface area contributed by atoms with Gasteiger partial charge in [0, 0.05) is 18.7 Å². The van der Waals surface area contributed by atoms with Crippen LogP contribution < -0.4 is 5.32 Å². The van der Waals surface area contributed by atoms with E-state index in [9.17, 15) is 9.18 Å². The fraction of sp³-hybridized carbons (Fsp3) is 0.476. The number of nitrogens with zero attached hydrogens (tertiary/aromatic N) is 3. The van der Waals surface area contributed by atoms with Gasteiger partial charge in [0.2, 0.25) is 5.91 Å². The molecule has 1 aliphatic carbocycles. The predicted octanol–water partition coefficient (Wildman–Crippen LogP) is 4.85. The number of carbonyl (C=O) groups excluding carboxylic acids is 1. The third kappa shape index (κ3) is 5.92. The number of aryl methyl sites for hydroxylation is 1. The summed E-state index contributed by atoms with van der Waals surface area (Å²) in [5.74, 6) is 1.49. The van der Waals surface area contributed by atoms with Crippen molar-refractivity contribution in [3.63, 3.8) is 0 Å². The molecule has 0 unspecified atom stereocenters. The largest absolute Gasteiger partial charge is 0.325 e. The lowest BCUT2D eigenvalue weighted by Crippen LogP contribution is -2.15. The first kappa shape index (κ1) is 20.6. The van der Waals surface area contributed by atoms with Gasteiger partial charge < -0.3 is 9.88 Å². The molecule has 0 aliphatic heterocycles. The number of aromatic nitrogens is 3. The molecule has 1 aliphatic rings. The number of rotatable bonds is 9. The maximum Gasteiger partial charge on any atom is 0.234 e. The van der Waals surface area contributed by atoms with E-state index in [0.717, 1.165) is 29.7 Å². The van der Waals surface area contributed by atoms with Gasteiger partial charge in [-0.15, -0.1) is 16.8 Å². The molecular weight excluding hydrogens is 375 g/mol. The van der Waals surface area contributed by atoms with Gasteiger partial charge >= 0.3 is 0 Å². The van der Waals surface area contributed by atoms with Crippen molar-refractivity contribution < 1.29 is 9.18 Å². The van der Waals surface area contributed by atoms with Crippen molar-refractivity contribution in [2.24, 2.45) is 5.92 Å². The molecule has 1 saturated carbocycles. The van der Waals surface area contributed by atoms with Crippen LogP contribution in [0.15, 0.2) is 42.1 Å². The first-order chi connectivity index (χ1) is 13.7. The molecule has 2 aromatic rings. The minimum atomic E-state index is -0.328. The molecular formula is C21H27FN4OS. The molecule has 1 N–H and O–H groups in total. The third-order valence-electron chi connectivity index (χ3n) is 5.07. The molecule has 1 fully saturated rings. The van der Waals surface area contributed by atoms with Gasteiger partial charge in [-0.1, -0.05) is 49.9 Å². The Morgan fingerprint density at radius 1 is 1.25 bits per heavy atom. The number of anilines is 1. The summed E-state index contributed by atoms with van der Waals surface area (Å²) in [6.45, 7) is 4.46. The van der Waals surface area contributed by atoms with E-state index in [-0.39, 0.29) is 17.5 Å². The molecule has 150 valence electrons. The lowest BCUT2D eigenvalue weighted by Gasteiger charge is -2.21. The monoisotopic (exact) mass is 402 g/mol. The van der Waals surface area contributed by atoms with E-state index in [1.54, 1.807) is 12.1 Å². The standard InChI is InChI=1S/C21H27FN4OS/c1-2-14-26-19(13-8-16-6-4-3-5-7-16)24-25-21(26)28-15-20(27)23-18-11-9-17(22)10-12-18/h2,9-12,16H,1,3-8,13-15H2,(H,23,27). The predicted molar refractivity (Wildman–Crippen MR) is 111 cm³/mol. The number of benzene rings is 1. The Hall–Kier alpha value is -2.15. The van der Waals surface area contributed by atoms with Gasteiger partial charge in [0.15, 0.2) is 5.16 Å². The van der Waals surface area contributed by atoms with Gasteiger partial charge in [0.05, 0.1) is 5.75 Å². The fourth-order valence-corrected chi connectivity index (χ4v) is 4.36. The number of halogens is 1. The third-order valence-corrected chi connectivity index (χ3v) is 6.03. The van der Waals surface area contributed by atoms with Crippen LogP contribution in [0.25, 0.3) is 0 Å². The van der Waals surface area contributed by atoms with Gasteiger partial charge in [-0.2, -0.15) is 0 Å². The smallest absolute Gasteiger partial charge is 0.234 e. The second-order valence-electron chi connectivity index (χ2n) is 7.18. The number of amides is 1. The molecule has 0 saturated heterocycles. The van der Waals surface area contributed by atoms with Crippen LogP contribution >= 0.6 is 11.8 Å². The second kappa shape index (κ2) is 10.4. The average molecular weight is 403 g/mol. The minimum absolute atomic E-state index is 0.159. The Balaban J connectivity index is 1.55. The lowest BCUT2D eigenvalue weighted by molar-refractivity contribution is -0.113. The van der Waals surface area contributed by atoms with Gasteiger partial charge in [0.25, 0.3) is 0 Å². The van der Waals surface area contributed by atoms with Gasteiger partial charge in [-0.3, -0.25) is 4.79 Å². The topological polar surface area (TPSA) is 59.8 Å². The lowest BCUT2D eigenvalue weighted by atomic mass is 9.86. The molecule has 3 rings (SSSR count). The van der Waals surface area contributed by atoms with E-state index < -0.39 is 0 Å². The van der Waals surface area contributed by atoms with Crippen LogP contribution in [0.4, 0.5) is 10.1 Å². The summed E-state index contributed by atoms with van der Waals surface area (Å²) >= 11 is 1.36. The quantitative estimate of drug-likeness (QED) is 0.481. The van der Waals surface area contributed by atoms with E-state index >= 15 is 0 Å². The summed E-state index contributed by atoms with van der Waals surface area (Å²) in [4.78, 5) is 12.2. The number of nitrogens with one attached hydrogen (secondary N) is 1. The molecule has 0 bridgehead atoms. The highest BCUT2D eigenvalue weighted by Gasteiger charge is 2.17. The zero-order chi connectivity index (χ0) is 19.8. The Labute approximate surface area is 169 Å². The number of hydrogen-bond acceptors (Lipinski definition) is 4. The number of thioether (sulfide) groups is 1. The SMILES string of the molecule is C=CCn1c(CCC2CCCCC2)nnc1SCC(=O)Nc1ccc(F)cc1. The van der Waals surface area contributed by atoms with Gasteiger partial charge in [-0.05, 0) is 36.6 Å². The van der Waals surface area contributed by atoms with Crippen LogP contribution in [0.5, 0.6) is 0 Å². The molecule has 5 nitrogen and oxygen atoms in total. The highest BCUT2D eigenvalue weighted by molar-refractivity contribution is 7.99. The Kier molecular flexibility index (Phi) is 7.65. The van der Waals surface area contributed by atoms with Crippen molar-refractivity contribution in [2.45, 2.75) is 56.6 Å². The highest BCUT2D eigenvalue weighted by atomic mass is 32.2. The number of hydrogen-bond donors (Lipinski definition) is 1. The maximum absolute atomic E-state index is 13.0. The summed E-state index contributed by atoms with van der Waals surface area (Å²) < 4.78 is 15.0. The van der Waals surface area contributed by atoms with Crippen molar-refractivity contribution in [3.05, 3.63) is 48.6 Å². The molecule has 7 heteroatoms. The molecule has 1 amide bonds. The van der Waals surface area contributed by atoms with Crippen molar-refractivity contribution in [1.82, 2.24) is 14.8 Å². The van der Waals surface area contributed by atoms with Crippen molar-refractivity contribution >= 4 is 23.4 Å². The summed E-state index contributed by atoms with van der Waals surface area (Å²) in [6.07, 6.45) is 10.6. The van der Waals surface area contributed by atoms with E-state index in [4.69, 9.17) is 0 Å². The zero-order valence-corrected chi connectivity index (χ0v) is 16.9. The van der Waals surface area contributed by atoms with Crippen LogP contribution in [0.3, 0.4) is 0 Å². The van der Waals surface area contributed by atoms with Crippen LogP contribution in [0, 0.1) is 11.7 Å². The zero-order valence-electron chi connectivity index (χ0n) is 16.1. The van der Waals surface area contributed by atoms with E-state index in [1.807, 2.05) is 10.6 Å². The first-order valence-electron chi connectivity index (χ1n) is 9.87. The molecule has 1 aromatic carbocycles. The molecule has 0 radical (unpaired) electrons. The summed E-state index contributed by atoms with van der Waals surface area (Å²) in [5, 5.41) is 12.1. The average Bonchev–Trinajstić information content (AvgIpc) is 3.09. The summed E-state index contributed by atoms with van der Waals surface area (Å²) in [7, 11) is 0. The number of allylic oxidation sites excluding steroid dienone is 1. The van der Waals surface area contributed by atoms with E-state index in [1.165, 1.54) is 56.0 Å². The van der Waals surface area contributed by atoms with Crippen molar-refractivity contribution in [1.29, 1.82) is 0 Å². The van der Waals surface area contributed by atoms with Crippen LogP contribution in [0.2, 0.25) is 0 Å².